The van der Waals surface area contributed by atoms with Crippen LogP contribution in [0, 0.1) is 27.7 Å². The molecular formula is C47H41N5. The molecule has 2 atom stereocenters. The van der Waals surface area contributed by atoms with E-state index in [1.807, 2.05) is 30.9 Å². The van der Waals surface area contributed by atoms with Crippen molar-refractivity contribution in [3.8, 4) is 11.1 Å². The summed E-state index contributed by atoms with van der Waals surface area (Å²) in [6.45, 7) is 8.47. The Morgan fingerprint density at radius 2 is 0.865 bits per heavy atom. The number of hydrogen-bond acceptors (Lipinski definition) is 5. The highest BCUT2D eigenvalue weighted by Crippen LogP contribution is 2.40. The lowest BCUT2D eigenvalue weighted by atomic mass is 9.95. The second-order valence-corrected chi connectivity index (χ2v) is 13.8. The SMILES string of the molecule is Cc1ccc(C2=CN(c3ccc(C)cc3)C(c3cc(-c4cccnc4)cc(C4N=CC(c5ccc(C)cc5)=CN4c4ccc(C)cc4)c3)N=C2)cc1. The van der Waals surface area contributed by atoms with Gasteiger partial charge in [0, 0.05) is 65.3 Å². The number of aliphatic imine (C=N–C) groups is 2. The lowest BCUT2D eigenvalue weighted by molar-refractivity contribution is 0.710. The molecule has 8 rings (SSSR count). The standard InChI is InChI=1S/C47H41N5/c1-32-7-15-36(16-8-32)42-28-49-46(51(30-42)44-19-11-34(3)12-20-44)40-24-39(38-6-5-23-48-27-38)25-41(26-40)47-50-29-43(37-17-9-33(2)10-18-37)31-52(47)45-21-13-35(4)14-22-45/h5-31,46-47H,1-4H3. The van der Waals surface area contributed by atoms with Crippen molar-refractivity contribution in [1.29, 1.82) is 0 Å². The van der Waals surface area contributed by atoms with E-state index in [0.29, 0.717) is 0 Å². The molecule has 0 saturated carbocycles. The molecule has 3 heterocycles. The number of benzene rings is 5. The minimum absolute atomic E-state index is 0.300. The molecule has 0 saturated heterocycles. The zero-order chi connectivity index (χ0) is 35.6. The lowest BCUT2D eigenvalue weighted by Gasteiger charge is -2.34. The molecular weight excluding hydrogens is 635 g/mol. The van der Waals surface area contributed by atoms with Crippen molar-refractivity contribution in [2.45, 2.75) is 40.0 Å². The molecule has 5 aromatic carbocycles. The fourth-order valence-electron chi connectivity index (χ4n) is 6.78. The van der Waals surface area contributed by atoms with Gasteiger partial charge in [-0.3, -0.25) is 15.0 Å². The molecule has 254 valence electrons. The van der Waals surface area contributed by atoms with Crippen molar-refractivity contribution in [3.63, 3.8) is 0 Å². The predicted molar refractivity (Wildman–Crippen MR) is 218 cm³/mol. The number of pyridine rings is 1. The summed E-state index contributed by atoms with van der Waals surface area (Å²) in [5.74, 6) is 0. The number of anilines is 2. The van der Waals surface area contributed by atoms with Crippen molar-refractivity contribution in [3.05, 3.63) is 197 Å². The van der Waals surface area contributed by atoms with Crippen molar-refractivity contribution >= 4 is 35.0 Å². The molecule has 2 aliphatic heterocycles. The fraction of sp³-hybridized carbons (Fsp3) is 0.128. The first-order valence-corrected chi connectivity index (χ1v) is 17.8. The van der Waals surface area contributed by atoms with Crippen molar-refractivity contribution in [2.24, 2.45) is 9.98 Å². The minimum Gasteiger partial charge on any atom is -0.321 e. The maximum atomic E-state index is 5.28. The summed E-state index contributed by atoms with van der Waals surface area (Å²) < 4.78 is 0. The summed E-state index contributed by atoms with van der Waals surface area (Å²) in [7, 11) is 0. The van der Waals surface area contributed by atoms with E-state index in [0.717, 1.165) is 55.9 Å². The number of allylic oxidation sites excluding steroid dienone is 2. The van der Waals surface area contributed by atoms with Crippen LogP contribution in [0.25, 0.3) is 22.3 Å². The van der Waals surface area contributed by atoms with Crippen LogP contribution in [0.15, 0.2) is 162 Å². The van der Waals surface area contributed by atoms with Crippen LogP contribution in [0.5, 0.6) is 0 Å². The molecule has 0 fully saturated rings. The van der Waals surface area contributed by atoms with Crippen LogP contribution in [0.4, 0.5) is 11.4 Å². The second-order valence-electron chi connectivity index (χ2n) is 13.8. The van der Waals surface area contributed by atoms with Gasteiger partial charge in [0.1, 0.15) is 0 Å². The lowest BCUT2D eigenvalue weighted by Crippen LogP contribution is -2.27. The van der Waals surface area contributed by atoms with E-state index in [-0.39, 0.29) is 12.3 Å². The summed E-state index contributed by atoms with van der Waals surface area (Å²) in [6, 6.07) is 45.5. The molecule has 0 bridgehead atoms. The third-order valence-corrected chi connectivity index (χ3v) is 9.80. The highest BCUT2D eigenvalue weighted by Gasteiger charge is 2.28. The van der Waals surface area contributed by atoms with Crippen LogP contribution < -0.4 is 9.80 Å². The third-order valence-electron chi connectivity index (χ3n) is 9.80. The Balaban J connectivity index is 1.26. The molecule has 0 aliphatic carbocycles. The van der Waals surface area contributed by atoms with Crippen molar-refractivity contribution < 1.29 is 0 Å². The molecule has 0 N–H and O–H groups in total. The summed E-state index contributed by atoms with van der Waals surface area (Å²) in [5, 5.41) is 0. The third kappa shape index (κ3) is 6.86. The Hall–Kier alpha value is -6.33. The van der Waals surface area contributed by atoms with Gasteiger partial charge in [0.25, 0.3) is 0 Å². The average Bonchev–Trinajstić information content (AvgIpc) is 3.19. The predicted octanol–water partition coefficient (Wildman–Crippen LogP) is 11.2. The number of nitrogens with zero attached hydrogens (tertiary/aromatic N) is 5. The smallest absolute Gasteiger partial charge is 0.150 e. The van der Waals surface area contributed by atoms with Gasteiger partial charge >= 0.3 is 0 Å². The maximum absolute atomic E-state index is 5.28. The van der Waals surface area contributed by atoms with Crippen LogP contribution in [0.3, 0.4) is 0 Å². The topological polar surface area (TPSA) is 44.1 Å². The fourth-order valence-corrected chi connectivity index (χ4v) is 6.78. The largest absolute Gasteiger partial charge is 0.321 e. The molecule has 0 radical (unpaired) electrons. The molecule has 1 aromatic heterocycles. The highest BCUT2D eigenvalue weighted by molar-refractivity contribution is 6.12. The summed E-state index contributed by atoms with van der Waals surface area (Å²) >= 11 is 0. The van der Waals surface area contributed by atoms with Gasteiger partial charge in [0.15, 0.2) is 12.3 Å². The van der Waals surface area contributed by atoms with E-state index in [1.54, 1.807) is 0 Å². The normalized spacial score (nSPS) is 16.8. The van der Waals surface area contributed by atoms with E-state index >= 15 is 0 Å². The Kier molecular flexibility index (Phi) is 8.92. The maximum Gasteiger partial charge on any atom is 0.150 e. The zero-order valence-corrected chi connectivity index (χ0v) is 30.0. The van der Waals surface area contributed by atoms with Crippen molar-refractivity contribution in [1.82, 2.24) is 4.98 Å². The van der Waals surface area contributed by atoms with Crippen LogP contribution in [0.1, 0.15) is 56.8 Å². The number of rotatable bonds is 7. The van der Waals surface area contributed by atoms with Crippen molar-refractivity contribution in [2.75, 3.05) is 9.80 Å². The van der Waals surface area contributed by atoms with E-state index in [4.69, 9.17) is 9.98 Å². The number of hydrogen-bond donors (Lipinski definition) is 0. The van der Waals surface area contributed by atoms with Gasteiger partial charge in [0.2, 0.25) is 0 Å². The molecule has 0 spiro atoms. The molecule has 2 unspecified atom stereocenters. The highest BCUT2D eigenvalue weighted by atomic mass is 15.3. The van der Waals surface area contributed by atoms with Gasteiger partial charge in [-0.2, -0.15) is 0 Å². The van der Waals surface area contributed by atoms with Gasteiger partial charge in [-0.1, -0.05) is 101 Å². The van der Waals surface area contributed by atoms with E-state index in [2.05, 4.69) is 176 Å². The van der Waals surface area contributed by atoms with Gasteiger partial charge in [-0.05, 0) is 104 Å². The van der Waals surface area contributed by atoms with Crippen LogP contribution in [-0.4, -0.2) is 17.4 Å². The molecule has 2 aliphatic rings. The average molecular weight is 676 g/mol. The van der Waals surface area contributed by atoms with Gasteiger partial charge < -0.3 is 9.80 Å². The van der Waals surface area contributed by atoms with Gasteiger partial charge in [0.05, 0.1) is 0 Å². The molecule has 0 amide bonds. The Labute approximate surface area is 306 Å². The number of aromatic nitrogens is 1. The Bertz CT molecular complexity index is 2170. The van der Waals surface area contributed by atoms with Gasteiger partial charge in [-0.25, -0.2) is 0 Å². The molecule has 52 heavy (non-hydrogen) atoms. The molecule has 6 aromatic rings. The second kappa shape index (κ2) is 14.1. The Morgan fingerprint density at radius 3 is 1.27 bits per heavy atom. The summed E-state index contributed by atoms with van der Waals surface area (Å²) in [5.41, 5.74) is 15.7. The quantitative estimate of drug-likeness (QED) is 0.169. The van der Waals surface area contributed by atoms with Crippen LogP contribution in [0.2, 0.25) is 0 Å². The van der Waals surface area contributed by atoms with E-state index in [1.165, 1.54) is 22.3 Å². The summed E-state index contributed by atoms with van der Waals surface area (Å²) in [6.07, 6.45) is 11.6. The van der Waals surface area contributed by atoms with Crippen LogP contribution >= 0.6 is 0 Å². The monoisotopic (exact) mass is 675 g/mol. The van der Waals surface area contributed by atoms with E-state index < -0.39 is 0 Å². The van der Waals surface area contributed by atoms with E-state index in [9.17, 15) is 0 Å². The first-order chi connectivity index (χ1) is 25.4. The Morgan fingerprint density at radius 1 is 0.442 bits per heavy atom. The first kappa shape index (κ1) is 32.9. The zero-order valence-electron chi connectivity index (χ0n) is 30.0. The minimum atomic E-state index is -0.300. The number of aryl methyl sites for hydroxylation is 4. The molecule has 5 heteroatoms. The first-order valence-electron chi connectivity index (χ1n) is 17.8. The summed E-state index contributed by atoms with van der Waals surface area (Å²) in [4.78, 5) is 19.6. The van der Waals surface area contributed by atoms with Crippen LogP contribution in [-0.2, 0) is 0 Å². The van der Waals surface area contributed by atoms with Gasteiger partial charge in [-0.15, -0.1) is 0 Å². The molecule has 5 nitrogen and oxygen atoms in total.